The average molecular weight is 419 g/mol. The average Bonchev–Trinajstić information content (AvgIpc) is 2.67. The van der Waals surface area contributed by atoms with Gasteiger partial charge in [-0.1, -0.05) is 11.6 Å². The number of halogens is 2. The number of likely N-dealkylation sites (N-methyl/N-ethyl adjacent to an activating group) is 2. The van der Waals surface area contributed by atoms with E-state index in [0.29, 0.717) is 28.7 Å². The Bertz CT molecular complexity index is 1090. The first-order chi connectivity index (χ1) is 13.7. The van der Waals surface area contributed by atoms with Gasteiger partial charge in [-0.05, 0) is 38.4 Å². The van der Waals surface area contributed by atoms with E-state index in [1.54, 1.807) is 18.0 Å². The van der Waals surface area contributed by atoms with Crippen LogP contribution in [-0.4, -0.2) is 54.0 Å². The minimum absolute atomic E-state index is 0.0578. The van der Waals surface area contributed by atoms with E-state index in [1.165, 1.54) is 24.3 Å². The molecule has 0 amide bonds. The van der Waals surface area contributed by atoms with Gasteiger partial charge in [0.05, 0.1) is 15.5 Å². The predicted octanol–water partition coefficient (Wildman–Crippen LogP) is 3.58. The lowest BCUT2D eigenvalue weighted by atomic mass is 10.1. The summed E-state index contributed by atoms with van der Waals surface area (Å²) < 4.78 is 13.5. The molecule has 1 aromatic heterocycles. The van der Waals surface area contributed by atoms with Crippen molar-refractivity contribution in [2.45, 2.75) is 0 Å². The van der Waals surface area contributed by atoms with Gasteiger partial charge in [-0.3, -0.25) is 10.1 Å². The molecule has 0 saturated heterocycles. The molecule has 0 bridgehead atoms. The van der Waals surface area contributed by atoms with Crippen molar-refractivity contribution in [3.8, 4) is 11.4 Å². The van der Waals surface area contributed by atoms with Crippen LogP contribution in [0.2, 0.25) is 5.02 Å². The van der Waals surface area contributed by atoms with Gasteiger partial charge in [-0.25, -0.2) is 14.4 Å². The third-order valence-electron chi connectivity index (χ3n) is 4.49. The zero-order chi connectivity index (χ0) is 21.3. The minimum Gasteiger partial charge on any atom is -0.383 e. The highest BCUT2D eigenvalue weighted by Gasteiger charge is 2.21. The second-order valence-electron chi connectivity index (χ2n) is 6.90. The fourth-order valence-corrected chi connectivity index (χ4v) is 3.04. The molecule has 2 N–H and O–H groups in total. The summed E-state index contributed by atoms with van der Waals surface area (Å²) in [4.78, 5) is 23.6. The van der Waals surface area contributed by atoms with Gasteiger partial charge < -0.3 is 15.5 Å². The normalized spacial score (nSPS) is 11.2. The predicted molar refractivity (Wildman–Crippen MR) is 113 cm³/mol. The highest BCUT2D eigenvalue weighted by atomic mass is 35.5. The quantitative estimate of drug-likeness (QED) is 0.482. The molecular weight excluding hydrogens is 399 g/mol. The number of hydrogen-bond acceptors (Lipinski definition) is 7. The summed E-state index contributed by atoms with van der Waals surface area (Å²) in [7, 11) is 5.64. The van der Waals surface area contributed by atoms with Crippen LogP contribution in [0.4, 0.5) is 21.6 Å². The summed E-state index contributed by atoms with van der Waals surface area (Å²) in [5.74, 6) is -0.201. The summed E-state index contributed by atoms with van der Waals surface area (Å²) in [5, 5.41) is 11.9. The van der Waals surface area contributed by atoms with Crippen molar-refractivity contribution >= 4 is 39.7 Å². The number of benzene rings is 2. The first-order valence-electron chi connectivity index (χ1n) is 8.74. The van der Waals surface area contributed by atoms with E-state index in [4.69, 9.17) is 17.3 Å². The van der Waals surface area contributed by atoms with E-state index in [-0.39, 0.29) is 22.4 Å². The fraction of sp³-hybridized carbons (Fsp3) is 0.263. The Balaban J connectivity index is 2.15. The van der Waals surface area contributed by atoms with Gasteiger partial charge in [0, 0.05) is 37.2 Å². The van der Waals surface area contributed by atoms with Crippen LogP contribution >= 0.6 is 11.6 Å². The Morgan fingerprint density at radius 1 is 1.17 bits per heavy atom. The van der Waals surface area contributed by atoms with Crippen LogP contribution in [0.5, 0.6) is 0 Å². The molecule has 0 saturated carbocycles. The monoisotopic (exact) mass is 418 g/mol. The van der Waals surface area contributed by atoms with Gasteiger partial charge in [0.25, 0.3) is 5.69 Å². The molecule has 10 heteroatoms. The summed E-state index contributed by atoms with van der Waals surface area (Å²) in [6.07, 6.45) is 0. The van der Waals surface area contributed by atoms with Gasteiger partial charge in [0.1, 0.15) is 17.3 Å². The molecule has 0 fully saturated rings. The highest BCUT2D eigenvalue weighted by Crippen LogP contribution is 2.35. The molecule has 2 aromatic carbocycles. The number of anilines is 2. The number of rotatable bonds is 6. The fourth-order valence-electron chi connectivity index (χ4n) is 2.86. The van der Waals surface area contributed by atoms with Crippen molar-refractivity contribution in [1.29, 1.82) is 0 Å². The van der Waals surface area contributed by atoms with Gasteiger partial charge in [0.15, 0.2) is 5.82 Å². The van der Waals surface area contributed by atoms with Crippen LogP contribution in [-0.2, 0) is 0 Å². The number of nitrogen functional groups attached to an aromatic ring is 1. The maximum Gasteiger partial charge on any atom is 0.293 e. The molecule has 0 aliphatic heterocycles. The topological polar surface area (TPSA) is 101 Å². The van der Waals surface area contributed by atoms with Crippen LogP contribution in [0, 0.1) is 15.9 Å². The van der Waals surface area contributed by atoms with Crippen molar-refractivity contribution in [2.75, 3.05) is 44.9 Å². The lowest BCUT2D eigenvalue weighted by Gasteiger charge is -2.21. The zero-order valence-corrected chi connectivity index (χ0v) is 16.9. The molecule has 0 aliphatic carbocycles. The Morgan fingerprint density at radius 2 is 1.90 bits per heavy atom. The molecule has 0 spiro atoms. The maximum atomic E-state index is 13.5. The summed E-state index contributed by atoms with van der Waals surface area (Å²) >= 11 is 5.86. The van der Waals surface area contributed by atoms with Crippen LogP contribution in [0.3, 0.4) is 0 Å². The molecule has 3 rings (SSSR count). The summed E-state index contributed by atoms with van der Waals surface area (Å²) in [6, 6.07) is 7.13. The molecule has 0 aliphatic rings. The first-order valence-corrected chi connectivity index (χ1v) is 9.12. The van der Waals surface area contributed by atoms with E-state index >= 15 is 0 Å². The van der Waals surface area contributed by atoms with Crippen molar-refractivity contribution in [3.05, 3.63) is 51.3 Å². The maximum absolute atomic E-state index is 13.5. The van der Waals surface area contributed by atoms with Crippen molar-refractivity contribution < 1.29 is 9.31 Å². The Labute approximate surface area is 171 Å². The van der Waals surface area contributed by atoms with Crippen LogP contribution < -0.4 is 10.6 Å². The van der Waals surface area contributed by atoms with Crippen LogP contribution in [0.15, 0.2) is 30.3 Å². The molecule has 0 unspecified atom stereocenters. The second-order valence-corrected chi connectivity index (χ2v) is 7.31. The molecule has 1 heterocycles. The van der Waals surface area contributed by atoms with Gasteiger partial charge >= 0.3 is 0 Å². The molecular formula is C19H20ClFN6O2. The van der Waals surface area contributed by atoms with Crippen molar-refractivity contribution in [1.82, 2.24) is 14.9 Å². The van der Waals surface area contributed by atoms with E-state index in [9.17, 15) is 14.5 Å². The largest absolute Gasteiger partial charge is 0.383 e. The van der Waals surface area contributed by atoms with Crippen LogP contribution in [0.1, 0.15) is 0 Å². The molecule has 0 atom stereocenters. The summed E-state index contributed by atoms with van der Waals surface area (Å²) in [5.41, 5.74) is 7.34. The smallest absolute Gasteiger partial charge is 0.293 e. The van der Waals surface area contributed by atoms with Gasteiger partial charge in [-0.15, -0.1) is 0 Å². The highest BCUT2D eigenvalue weighted by molar-refractivity contribution is 6.31. The van der Waals surface area contributed by atoms with Gasteiger partial charge in [0.2, 0.25) is 0 Å². The SMILES string of the molecule is CN(C)CCN(C)c1cc2nc(-c3ccc(F)c(Cl)c3)nc(N)c2cc1[N+](=O)[O-]. The first kappa shape index (κ1) is 20.7. The lowest BCUT2D eigenvalue weighted by Crippen LogP contribution is -2.28. The number of nitrogens with two attached hydrogens (primary N) is 1. The second kappa shape index (κ2) is 8.14. The Morgan fingerprint density at radius 3 is 2.52 bits per heavy atom. The number of aromatic nitrogens is 2. The molecule has 3 aromatic rings. The molecule has 8 nitrogen and oxygen atoms in total. The number of fused-ring (bicyclic) bond motifs is 1. The number of nitro groups is 1. The number of nitrogens with zero attached hydrogens (tertiary/aromatic N) is 5. The molecule has 0 radical (unpaired) electrons. The van der Waals surface area contributed by atoms with Gasteiger partial charge in [-0.2, -0.15) is 0 Å². The molecule has 29 heavy (non-hydrogen) atoms. The van der Waals surface area contributed by atoms with E-state index < -0.39 is 10.7 Å². The van der Waals surface area contributed by atoms with E-state index in [2.05, 4.69) is 9.97 Å². The lowest BCUT2D eigenvalue weighted by molar-refractivity contribution is -0.384. The number of hydrogen-bond donors (Lipinski definition) is 1. The molecule has 152 valence electrons. The minimum atomic E-state index is -0.551. The Hall–Kier alpha value is -3.04. The van der Waals surface area contributed by atoms with Crippen molar-refractivity contribution in [3.63, 3.8) is 0 Å². The Kier molecular flexibility index (Phi) is 5.81. The van der Waals surface area contributed by atoms with Crippen molar-refractivity contribution in [2.24, 2.45) is 0 Å². The summed E-state index contributed by atoms with van der Waals surface area (Å²) in [6.45, 7) is 1.30. The third-order valence-corrected chi connectivity index (χ3v) is 4.78. The van der Waals surface area contributed by atoms with E-state index in [1.807, 2.05) is 19.0 Å². The zero-order valence-electron chi connectivity index (χ0n) is 16.2. The van der Waals surface area contributed by atoms with Crippen LogP contribution in [0.25, 0.3) is 22.3 Å². The van der Waals surface area contributed by atoms with E-state index in [0.717, 1.165) is 6.54 Å². The number of nitro benzene ring substituents is 1. The standard InChI is InChI=1S/C19H20ClFN6O2/c1-25(2)6-7-26(3)16-10-15-12(9-17(16)27(28)29)18(22)24-19(23-15)11-4-5-14(21)13(20)8-11/h4-5,8-10H,6-7H2,1-3H3,(H2,22,23,24). The third kappa shape index (κ3) is 4.36.